The van der Waals surface area contributed by atoms with Crippen LogP contribution in [-0.4, -0.2) is 60.7 Å². The number of hydrogen-bond donors (Lipinski definition) is 3. The van der Waals surface area contributed by atoms with Gasteiger partial charge in [-0.25, -0.2) is 13.2 Å². The number of carboxylic acids is 1. The number of alkyl halides is 3. The van der Waals surface area contributed by atoms with E-state index in [4.69, 9.17) is 5.11 Å². The van der Waals surface area contributed by atoms with Crippen LogP contribution < -0.4 is 5.32 Å². The van der Waals surface area contributed by atoms with E-state index >= 15 is 0 Å². The van der Waals surface area contributed by atoms with Crippen LogP contribution in [0.4, 0.5) is 13.2 Å². The Bertz CT molecular complexity index is 1660. The van der Waals surface area contributed by atoms with Crippen molar-refractivity contribution in [2.75, 3.05) is 20.1 Å². The molecule has 0 heterocycles. The van der Waals surface area contributed by atoms with Gasteiger partial charge in [0.05, 0.1) is 16.6 Å². The highest BCUT2D eigenvalue weighted by Gasteiger charge is 2.34. The fourth-order valence-electron chi connectivity index (χ4n) is 5.97. The SMILES string of the molecule is Cc1cc(C=CC(=O)O)ccc1-c1cc(C(F)(F)F)cc(S(=O)(=O)N(C)C[C@H](O)CNC(C)(C)CC2Cc3ccccc3C2)c1. The summed E-state index contributed by atoms with van der Waals surface area (Å²) in [6.07, 6.45) is -0.809. The molecule has 4 rings (SSSR count). The quantitative estimate of drug-likeness (QED) is 0.211. The minimum atomic E-state index is -4.81. The van der Waals surface area contributed by atoms with E-state index in [0.29, 0.717) is 28.7 Å². The third-order valence-corrected chi connectivity index (χ3v) is 9.94. The molecule has 0 amide bonds. The maximum absolute atomic E-state index is 13.9. The van der Waals surface area contributed by atoms with Crippen molar-refractivity contribution in [1.29, 1.82) is 0 Å². The van der Waals surface area contributed by atoms with Gasteiger partial charge in [0.2, 0.25) is 10.0 Å². The van der Waals surface area contributed by atoms with E-state index in [1.165, 1.54) is 36.4 Å². The van der Waals surface area contributed by atoms with Gasteiger partial charge in [0.25, 0.3) is 0 Å². The van der Waals surface area contributed by atoms with E-state index < -0.39 is 38.7 Å². The van der Waals surface area contributed by atoms with Gasteiger partial charge in [-0.05, 0) is 104 Å². The normalized spacial score (nSPS) is 15.1. The van der Waals surface area contributed by atoms with Crippen LogP contribution in [-0.2, 0) is 33.8 Å². The molecule has 3 aromatic rings. The molecule has 1 aliphatic rings. The van der Waals surface area contributed by atoms with Crippen molar-refractivity contribution in [2.45, 2.75) is 62.7 Å². The Hall–Kier alpha value is -3.51. The van der Waals surface area contributed by atoms with Gasteiger partial charge in [-0.2, -0.15) is 17.5 Å². The Balaban J connectivity index is 1.48. The van der Waals surface area contributed by atoms with Gasteiger partial charge in [0.1, 0.15) is 0 Å². The average molecular weight is 645 g/mol. The highest BCUT2D eigenvalue weighted by molar-refractivity contribution is 7.89. The standard InChI is InChI=1S/C34H39F3N2O5S/c1-22-13-23(10-12-32(41)42)9-11-31(22)27-16-28(34(35,36)37)18-30(17-27)45(43,44)39(4)21-29(40)20-38-33(2,3)19-24-14-25-7-5-6-8-26(25)15-24/h5-13,16-18,24,29,38,40H,14-15,19-21H2,1-4H3,(H,41,42)/t29-/m1/s1. The summed E-state index contributed by atoms with van der Waals surface area (Å²) < 4.78 is 69.7. The molecule has 0 radical (unpaired) electrons. The first kappa shape index (κ1) is 34.4. The maximum atomic E-state index is 13.9. The number of sulfonamides is 1. The first-order valence-corrected chi connectivity index (χ1v) is 16.1. The lowest BCUT2D eigenvalue weighted by Crippen LogP contribution is -2.47. The van der Waals surface area contributed by atoms with Gasteiger partial charge in [0.15, 0.2) is 0 Å². The third kappa shape index (κ3) is 8.82. The number of likely N-dealkylation sites (N-methyl/N-ethyl adjacent to an activating group) is 1. The van der Waals surface area contributed by atoms with Gasteiger partial charge in [-0.15, -0.1) is 0 Å². The first-order valence-electron chi connectivity index (χ1n) is 14.6. The van der Waals surface area contributed by atoms with Crippen LogP contribution in [0.5, 0.6) is 0 Å². The third-order valence-electron chi connectivity index (χ3n) is 8.14. The predicted octanol–water partition coefficient (Wildman–Crippen LogP) is 5.93. The lowest BCUT2D eigenvalue weighted by atomic mass is 9.88. The number of fused-ring (bicyclic) bond motifs is 1. The molecule has 0 aromatic heterocycles. The molecule has 45 heavy (non-hydrogen) atoms. The van der Waals surface area contributed by atoms with E-state index in [-0.39, 0.29) is 24.2 Å². The minimum absolute atomic E-state index is 0.0427. The molecular weight excluding hydrogens is 605 g/mol. The van der Waals surface area contributed by atoms with Crippen molar-refractivity contribution in [1.82, 2.24) is 9.62 Å². The molecule has 0 fully saturated rings. The summed E-state index contributed by atoms with van der Waals surface area (Å²) in [5, 5.41) is 23.0. The number of carbonyl (C=O) groups is 1. The van der Waals surface area contributed by atoms with Gasteiger partial charge in [0, 0.05) is 31.8 Å². The van der Waals surface area contributed by atoms with Crippen LogP contribution in [0.25, 0.3) is 17.2 Å². The highest BCUT2D eigenvalue weighted by Crippen LogP contribution is 2.36. The number of aliphatic carboxylic acids is 1. The number of aryl methyl sites for hydroxylation is 1. The summed E-state index contributed by atoms with van der Waals surface area (Å²) >= 11 is 0. The molecule has 11 heteroatoms. The number of carboxylic acid groups (broad SMARTS) is 1. The Kier molecular flexibility index (Phi) is 10.3. The summed E-state index contributed by atoms with van der Waals surface area (Å²) in [6.45, 7) is 5.48. The van der Waals surface area contributed by atoms with E-state index in [1.54, 1.807) is 19.1 Å². The number of aliphatic hydroxyl groups excluding tert-OH is 1. The summed E-state index contributed by atoms with van der Waals surface area (Å²) in [6, 6.07) is 15.7. The van der Waals surface area contributed by atoms with Crippen molar-refractivity contribution >= 4 is 22.1 Å². The number of halogens is 3. The molecule has 0 unspecified atom stereocenters. The smallest absolute Gasteiger partial charge is 0.416 e. The Labute approximate surface area is 262 Å². The molecule has 0 saturated carbocycles. The zero-order valence-electron chi connectivity index (χ0n) is 25.7. The average Bonchev–Trinajstić information content (AvgIpc) is 3.36. The van der Waals surface area contributed by atoms with Crippen molar-refractivity contribution < 1.29 is 36.6 Å². The molecule has 3 aromatic carbocycles. The Morgan fingerprint density at radius 3 is 2.29 bits per heavy atom. The number of nitrogens with one attached hydrogen (secondary N) is 1. The molecule has 0 bridgehead atoms. The van der Waals surface area contributed by atoms with Gasteiger partial charge in [-0.1, -0.05) is 42.5 Å². The molecule has 1 aliphatic carbocycles. The summed E-state index contributed by atoms with van der Waals surface area (Å²) in [5.74, 6) is -0.699. The summed E-state index contributed by atoms with van der Waals surface area (Å²) in [4.78, 5) is 10.3. The van der Waals surface area contributed by atoms with E-state index in [9.17, 15) is 31.5 Å². The molecule has 3 N–H and O–H groups in total. The topological polar surface area (TPSA) is 107 Å². The van der Waals surface area contributed by atoms with Crippen molar-refractivity contribution in [3.63, 3.8) is 0 Å². The molecule has 1 atom stereocenters. The van der Waals surface area contributed by atoms with Crippen LogP contribution in [0.15, 0.2) is 71.6 Å². The second-order valence-electron chi connectivity index (χ2n) is 12.4. The fraction of sp³-hybridized carbons (Fsp3) is 0.382. The number of benzene rings is 3. The molecular formula is C34H39F3N2O5S. The van der Waals surface area contributed by atoms with Gasteiger partial charge in [-0.3, -0.25) is 0 Å². The number of hydrogen-bond acceptors (Lipinski definition) is 5. The van der Waals surface area contributed by atoms with Crippen molar-refractivity contribution in [3.05, 3.63) is 94.6 Å². The van der Waals surface area contributed by atoms with Crippen molar-refractivity contribution in [3.8, 4) is 11.1 Å². The molecule has 0 aliphatic heterocycles. The van der Waals surface area contributed by atoms with E-state index in [0.717, 1.165) is 35.7 Å². The Morgan fingerprint density at radius 2 is 1.71 bits per heavy atom. The van der Waals surface area contributed by atoms with Crippen LogP contribution in [0.1, 0.15) is 48.1 Å². The lowest BCUT2D eigenvalue weighted by molar-refractivity contribution is -0.137. The number of nitrogens with zero attached hydrogens (tertiary/aromatic N) is 1. The van der Waals surface area contributed by atoms with Gasteiger partial charge >= 0.3 is 12.1 Å². The molecule has 7 nitrogen and oxygen atoms in total. The van der Waals surface area contributed by atoms with Crippen LogP contribution >= 0.6 is 0 Å². The fourth-order valence-corrected chi connectivity index (χ4v) is 7.25. The number of β-amino-alcohol motifs (C(OH)–C–C–N with tert-alkyl or cyclic N) is 1. The monoisotopic (exact) mass is 644 g/mol. The molecule has 242 valence electrons. The molecule has 0 saturated heterocycles. The predicted molar refractivity (Wildman–Crippen MR) is 168 cm³/mol. The maximum Gasteiger partial charge on any atom is 0.416 e. The van der Waals surface area contributed by atoms with E-state index in [1.807, 2.05) is 26.0 Å². The van der Waals surface area contributed by atoms with Crippen LogP contribution in [0.3, 0.4) is 0 Å². The van der Waals surface area contributed by atoms with Crippen LogP contribution in [0, 0.1) is 12.8 Å². The van der Waals surface area contributed by atoms with Gasteiger partial charge < -0.3 is 15.5 Å². The Morgan fingerprint density at radius 1 is 1.07 bits per heavy atom. The van der Waals surface area contributed by atoms with E-state index in [2.05, 4.69) is 17.4 Å². The zero-order chi connectivity index (χ0) is 33.2. The number of aliphatic hydroxyl groups is 1. The first-order chi connectivity index (χ1) is 20.9. The largest absolute Gasteiger partial charge is 0.478 e. The zero-order valence-corrected chi connectivity index (χ0v) is 26.5. The number of rotatable bonds is 12. The lowest BCUT2D eigenvalue weighted by Gasteiger charge is -2.31. The van der Waals surface area contributed by atoms with Crippen molar-refractivity contribution in [2.24, 2.45) is 5.92 Å². The highest BCUT2D eigenvalue weighted by atomic mass is 32.2. The minimum Gasteiger partial charge on any atom is -0.478 e. The molecule has 0 spiro atoms. The summed E-state index contributed by atoms with van der Waals surface area (Å²) in [5.41, 5.74) is 2.70. The second kappa shape index (κ2) is 13.5. The summed E-state index contributed by atoms with van der Waals surface area (Å²) in [7, 11) is -3.19. The van der Waals surface area contributed by atoms with Crippen LogP contribution in [0.2, 0.25) is 0 Å². The second-order valence-corrected chi connectivity index (χ2v) is 14.5.